The number of fused-ring (bicyclic) bond motifs is 2. The van der Waals surface area contributed by atoms with E-state index in [4.69, 9.17) is 14.0 Å². The third-order valence-electron chi connectivity index (χ3n) is 5.08. The Morgan fingerprint density at radius 2 is 1.70 bits per heavy atom. The molecule has 2 heterocycles. The highest BCUT2D eigenvalue weighted by molar-refractivity contribution is 6.18. The predicted molar refractivity (Wildman–Crippen MR) is 112 cm³/mol. The number of rotatable bonds is 4. The van der Waals surface area contributed by atoms with Crippen LogP contribution in [0.5, 0.6) is 17.4 Å². The first-order valence-corrected chi connectivity index (χ1v) is 9.24. The number of aromatic nitrogens is 1. The molecule has 5 rings (SSSR count). The van der Waals surface area contributed by atoms with Crippen molar-refractivity contribution in [1.82, 2.24) is 4.73 Å². The lowest BCUT2D eigenvalue weighted by molar-refractivity contribution is 0.0799. The van der Waals surface area contributed by atoms with Crippen LogP contribution in [0.3, 0.4) is 0 Å². The third kappa shape index (κ3) is 2.79. The van der Waals surface area contributed by atoms with Crippen molar-refractivity contribution in [3.8, 4) is 17.4 Å². The van der Waals surface area contributed by atoms with E-state index in [1.807, 2.05) is 24.3 Å². The normalized spacial score (nSPS) is 11.4. The number of hydrogen-bond donors (Lipinski definition) is 2. The van der Waals surface area contributed by atoms with E-state index in [2.05, 4.69) is 0 Å². The lowest BCUT2D eigenvalue weighted by Gasteiger charge is -2.16. The highest BCUT2D eigenvalue weighted by Crippen LogP contribution is 2.36. The van der Waals surface area contributed by atoms with Crippen molar-refractivity contribution in [3.63, 3.8) is 0 Å². The molecule has 0 aliphatic rings. The molecular formula is C23H17NO6. The molecule has 0 radical (unpaired) electrons. The molecule has 2 aromatic heterocycles. The average molecular weight is 403 g/mol. The summed E-state index contributed by atoms with van der Waals surface area (Å²) in [4.78, 5) is 18.4. The number of pyridine rings is 1. The molecule has 30 heavy (non-hydrogen) atoms. The van der Waals surface area contributed by atoms with Crippen LogP contribution in [0.1, 0.15) is 5.56 Å². The van der Waals surface area contributed by atoms with E-state index < -0.39 is 0 Å². The van der Waals surface area contributed by atoms with Crippen LogP contribution in [0.15, 0.2) is 70.0 Å². The maximum Gasteiger partial charge on any atom is 0.236 e. The van der Waals surface area contributed by atoms with Gasteiger partial charge in [-0.3, -0.25) is 4.79 Å². The molecule has 0 aliphatic carbocycles. The second-order valence-electron chi connectivity index (χ2n) is 6.91. The van der Waals surface area contributed by atoms with E-state index in [1.165, 1.54) is 16.9 Å². The van der Waals surface area contributed by atoms with Crippen LogP contribution in [0.25, 0.3) is 32.7 Å². The summed E-state index contributed by atoms with van der Waals surface area (Å²) in [5, 5.41) is 22.5. The van der Waals surface area contributed by atoms with Crippen molar-refractivity contribution < 1.29 is 24.2 Å². The van der Waals surface area contributed by atoms with Gasteiger partial charge in [0.15, 0.2) is 5.43 Å². The van der Waals surface area contributed by atoms with Crippen LogP contribution in [0.2, 0.25) is 0 Å². The quantitative estimate of drug-likeness (QED) is 0.349. The van der Waals surface area contributed by atoms with E-state index in [-0.39, 0.29) is 29.1 Å². The van der Waals surface area contributed by atoms with Gasteiger partial charge in [0.05, 0.1) is 18.7 Å². The van der Waals surface area contributed by atoms with Gasteiger partial charge in [0.25, 0.3) is 0 Å². The van der Waals surface area contributed by atoms with Crippen molar-refractivity contribution in [2.45, 2.75) is 6.61 Å². The topological polar surface area (TPSA) is 94.1 Å². The molecule has 7 heteroatoms. The molecule has 0 saturated heterocycles. The first-order chi connectivity index (χ1) is 14.5. The van der Waals surface area contributed by atoms with Gasteiger partial charge in [0, 0.05) is 16.2 Å². The fraction of sp³-hybridized carbons (Fsp3) is 0.0870. The molecule has 7 nitrogen and oxygen atoms in total. The summed E-state index contributed by atoms with van der Waals surface area (Å²) in [6.45, 7) is 0.157. The fourth-order valence-corrected chi connectivity index (χ4v) is 3.60. The zero-order valence-corrected chi connectivity index (χ0v) is 16.0. The summed E-state index contributed by atoms with van der Waals surface area (Å²) >= 11 is 0. The van der Waals surface area contributed by atoms with Crippen LogP contribution in [-0.2, 0) is 6.61 Å². The number of nitrogens with zero attached hydrogens (tertiary/aromatic N) is 1. The zero-order chi connectivity index (χ0) is 20.8. The molecule has 0 unspecified atom stereocenters. The first kappa shape index (κ1) is 17.9. The van der Waals surface area contributed by atoms with Gasteiger partial charge in [-0.15, -0.1) is 0 Å². The van der Waals surface area contributed by atoms with Crippen molar-refractivity contribution in [2.24, 2.45) is 0 Å². The van der Waals surface area contributed by atoms with Crippen LogP contribution in [-0.4, -0.2) is 22.1 Å². The number of aromatic hydroxyl groups is 2. The molecule has 0 aliphatic heterocycles. The number of phenolic OH excluding ortho intramolecular Hbond substituents is 1. The number of hydrogen-bond acceptors (Lipinski definition) is 6. The summed E-state index contributed by atoms with van der Waals surface area (Å²) in [6.07, 6.45) is 1.59. The Morgan fingerprint density at radius 1 is 0.933 bits per heavy atom. The fourth-order valence-electron chi connectivity index (χ4n) is 3.60. The van der Waals surface area contributed by atoms with E-state index in [0.717, 1.165) is 11.3 Å². The van der Waals surface area contributed by atoms with E-state index >= 15 is 0 Å². The average Bonchev–Trinajstić information content (AvgIpc) is 2.76. The van der Waals surface area contributed by atoms with Crippen LogP contribution < -0.4 is 15.0 Å². The lowest BCUT2D eigenvalue weighted by atomic mass is 10.0. The van der Waals surface area contributed by atoms with Gasteiger partial charge in [0.2, 0.25) is 5.88 Å². The summed E-state index contributed by atoms with van der Waals surface area (Å²) in [5.74, 6) is 0.469. The Kier molecular flexibility index (Phi) is 4.03. The third-order valence-corrected chi connectivity index (χ3v) is 5.08. The van der Waals surface area contributed by atoms with Crippen molar-refractivity contribution in [1.29, 1.82) is 0 Å². The molecule has 0 amide bonds. The SMILES string of the molecule is COc1ccc(COn2cc3c4cc(O)ccc4oc4ccc(=O)c(c2O)c43)cc1. The Labute approximate surface area is 169 Å². The van der Waals surface area contributed by atoms with Crippen LogP contribution >= 0.6 is 0 Å². The van der Waals surface area contributed by atoms with Crippen molar-refractivity contribution in [3.05, 3.63) is 76.6 Å². The van der Waals surface area contributed by atoms with Crippen molar-refractivity contribution >= 4 is 32.7 Å². The molecular weight excluding hydrogens is 386 g/mol. The largest absolute Gasteiger partial charge is 0.508 e. The molecule has 150 valence electrons. The molecule has 5 aromatic rings. The van der Waals surface area contributed by atoms with Gasteiger partial charge in [-0.2, -0.15) is 4.73 Å². The molecule has 0 bridgehead atoms. The summed E-state index contributed by atoms with van der Waals surface area (Å²) < 4.78 is 12.2. The molecule has 2 N–H and O–H groups in total. The van der Waals surface area contributed by atoms with E-state index in [0.29, 0.717) is 27.3 Å². The highest BCUT2D eigenvalue weighted by atomic mass is 16.7. The van der Waals surface area contributed by atoms with Crippen molar-refractivity contribution in [2.75, 3.05) is 7.11 Å². The second kappa shape index (κ2) is 6.73. The number of methoxy groups -OCH3 is 1. The van der Waals surface area contributed by atoms with E-state index in [1.54, 1.807) is 31.5 Å². The minimum Gasteiger partial charge on any atom is -0.508 e. The van der Waals surface area contributed by atoms with E-state index in [9.17, 15) is 15.0 Å². The zero-order valence-electron chi connectivity index (χ0n) is 16.0. The molecule has 0 fully saturated rings. The number of ether oxygens (including phenoxy) is 1. The van der Waals surface area contributed by atoms with Crippen LogP contribution in [0, 0.1) is 0 Å². The monoisotopic (exact) mass is 403 g/mol. The maximum absolute atomic E-state index is 12.6. The Bertz CT molecular complexity index is 1460. The minimum atomic E-state index is -0.359. The summed E-state index contributed by atoms with van der Waals surface area (Å²) in [6, 6.07) is 15.0. The van der Waals surface area contributed by atoms with Gasteiger partial charge in [-0.05, 0) is 48.0 Å². The summed E-state index contributed by atoms with van der Waals surface area (Å²) in [7, 11) is 1.59. The number of benzene rings is 3. The highest BCUT2D eigenvalue weighted by Gasteiger charge is 2.18. The second-order valence-corrected chi connectivity index (χ2v) is 6.91. The molecule has 3 aromatic carbocycles. The lowest BCUT2D eigenvalue weighted by Crippen LogP contribution is -2.14. The van der Waals surface area contributed by atoms with Gasteiger partial charge < -0.3 is 24.2 Å². The Hall–Kier alpha value is -4.13. The van der Waals surface area contributed by atoms with Crippen LogP contribution in [0.4, 0.5) is 0 Å². The van der Waals surface area contributed by atoms with Gasteiger partial charge >= 0.3 is 0 Å². The molecule has 0 spiro atoms. The standard InChI is InChI=1S/C23H17NO6/c1-28-15-5-2-13(3-6-15)12-29-24-11-17-16-10-14(25)4-8-19(16)30-20-9-7-18(26)22(21(17)20)23(24)27/h2-11,25,27H,12H2,1H3. The predicted octanol–water partition coefficient (Wildman–Crippen LogP) is 3.95. The van der Waals surface area contributed by atoms with Gasteiger partial charge in [-0.1, -0.05) is 12.1 Å². The Morgan fingerprint density at radius 3 is 2.47 bits per heavy atom. The van der Waals surface area contributed by atoms with Gasteiger partial charge in [-0.25, -0.2) is 0 Å². The Balaban J connectivity index is 1.71. The smallest absolute Gasteiger partial charge is 0.236 e. The first-order valence-electron chi connectivity index (χ1n) is 9.24. The maximum atomic E-state index is 12.6. The minimum absolute atomic E-state index is 0.0611. The van der Waals surface area contributed by atoms with Gasteiger partial charge in [0.1, 0.15) is 29.3 Å². The summed E-state index contributed by atoms with van der Waals surface area (Å²) in [5.41, 5.74) is 1.49. The molecule has 0 saturated carbocycles. The number of phenols is 1. The molecule has 0 atom stereocenters.